The molecule has 0 aliphatic carbocycles. The third-order valence-electron chi connectivity index (χ3n) is 3.27. The molecular formula is C13H22N4O2S2. The summed E-state index contributed by atoms with van der Waals surface area (Å²) in [5, 5.41) is 1.78. The molecule has 8 heteroatoms. The molecule has 0 saturated carbocycles. The largest absolute Gasteiger partial charge is 0.399 e. The zero-order valence-corrected chi connectivity index (χ0v) is 13.8. The summed E-state index contributed by atoms with van der Waals surface area (Å²) in [6.07, 6.45) is 0. The van der Waals surface area contributed by atoms with Gasteiger partial charge < -0.3 is 10.6 Å². The maximum absolute atomic E-state index is 12.0. The molecule has 0 bridgehead atoms. The second-order valence-corrected chi connectivity index (χ2v) is 8.11. The van der Waals surface area contributed by atoms with Crippen LogP contribution in [0, 0.1) is 0 Å². The fourth-order valence-electron chi connectivity index (χ4n) is 1.97. The number of nitrogen functional groups attached to an aromatic ring is 1. The van der Waals surface area contributed by atoms with Crippen molar-refractivity contribution in [2.75, 3.05) is 50.5 Å². The van der Waals surface area contributed by atoms with Crippen LogP contribution in [0.15, 0.2) is 29.2 Å². The molecule has 0 amide bonds. The van der Waals surface area contributed by atoms with Crippen LogP contribution in [0.5, 0.6) is 0 Å². The lowest BCUT2D eigenvalue weighted by molar-refractivity contribution is 0.135. The van der Waals surface area contributed by atoms with Gasteiger partial charge in [0.2, 0.25) is 10.0 Å². The molecule has 1 heterocycles. The summed E-state index contributed by atoms with van der Waals surface area (Å²) in [5.41, 5.74) is 6.33. The second kappa shape index (κ2) is 7.46. The summed E-state index contributed by atoms with van der Waals surface area (Å²) in [4.78, 5) is 5.87. The lowest BCUT2D eigenvalue weighted by Crippen LogP contribution is -2.53. The lowest BCUT2D eigenvalue weighted by Gasteiger charge is -2.32. The van der Waals surface area contributed by atoms with E-state index in [0.29, 0.717) is 11.4 Å². The van der Waals surface area contributed by atoms with Gasteiger partial charge in [0.15, 0.2) is 0 Å². The van der Waals surface area contributed by atoms with Crippen molar-refractivity contribution in [3.8, 4) is 0 Å². The van der Waals surface area contributed by atoms with E-state index < -0.39 is 10.0 Å². The Morgan fingerprint density at radius 2 is 1.81 bits per heavy atom. The fourth-order valence-corrected chi connectivity index (χ4v) is 4.42. The van der Waals surface area contributed by atoms with E-state index in [0.717, 1.165) is 31.1 Å². The summed E-state index contributed by atoms with van der Waals surface area (Å²) in [6.45, 7) is 3.20. The maximum Gasteiger partial charge on any atom is 0.225 e. The molecule has 0 aromatic heterocycles. The van der Waals surface area contributed by atoms with Crippen molar-refractivity contribution >= 4 is 27.5 Å². The van der Waals surface area contributed by atoms with Gasteiger partial charge in [-0.05, 0) is 31.3 Å². The smallest absolute Gasteiger partial charge is 0.225 e. The van der Waals surface area contributed by atoms with Crippen molar-refractivity contribution < 1.29 is 8.42 Å². The second-order valence-electron chi connectivity index (χ2n) is 5.12. The van der Waals surface area contributed by atoms with Crippen molar-refractivity contribution in [1.29, 1.82) is 0 Å². The number of nitrogens with zero attached hydrogens (tertiary/aromatic N) is 2. The van der Waals surface area contributed by atoms with Crippen LogP contribution >= 0.6 is 11.8 Å². The summed E-state index contributed by atoms with van der Waals surface area (Å²) in [6, 6.07) is 7.44. The highest BCUT2D eigenvalue weighted by atomic mass is 32.2. The Balaban J connectivity index is 1.74. The Labute approximate surface area is 130 Å². The summed E-state index contributed by atoms with van der Waals surface area (Å²) < 4.78 is 24.0. The van der Waals surface area contributed by atoms with Gasteiger partial charge in [-0.3, -0.25) is 0 Å². The fraction of sp³-hybridized carbons (Fsp3) is 0.538. The molecule has 6 nitrogen and oxygen atoms in total. The van der Waals surface area contributed by atoms with Gasteiger partial charge >= 0.3 is 0 Å². The standard InChI is InChI=1S/C13H22N4O2S2/c1-16-6-8-17(9-7-16)15-21(18,19)11-10-20-13-4-2-12(14)3-5-13/h2-5,15H,6-11,14H2,1H3. The van der Waals surface area contributed by atoms with Gasteiger partial charge in [-0.2, -0.15) is 0 Å². The number of hydrazine groups is 1. The summed E-state index contributed by atoms with van der Waals surface area (Å²) >= 11 is 1.52. The topological polar surface area (TPSA) is 78.7 Å². The maximum atomic E-state index is 12.0. The van der Waals surface area contributed by atoms with Gasteiger partial charge in [0, 0.05) is 42.5 Å². The lowest BCUT2D eigenvalue weighted by atomic mass is 10.3. The van der Waals surface area contributed by atoms with E-state index in [9.17, 15) is 8.42 Å². The molecule has 2 rings (SSSR count). The molecule has 1 aromatic rings. The minimum atomic E-state index is -3.27. The Morgan fingerprint density at radius 1 is 1.19 bits per heavy atom. The number of sulfonamides is 1. The van der Waals surface area contributed by atoms with Gasteiger partial charge in [0.1, 0.15) is 0 Å². The molecule has 1 fully saturated rings. The van der Waals surface area contributed by atoms with E-state index in [-0.39, 0.29) is 5.75 Å². The molecule has 21 heavy (non-hydrogen) atoms. The minimum absolute atomic E-state index is 0.106. The number of nitrogens with one attached hydrogen (secondary N) is 1. The van der Waals surface area contributed by atoms with Crippen LogP contribution in [-0.2, 0) is 10.0 Å². The first-order valence-corrected chi connectivity index (χ1v) is 9.50. The molecule has 1 aliphatic rings. The van der Waals surface area contributed by atoms with E-state index in [1.807, 2.05) is 31.3 Å². The van der Waals surface area contributed by atoms with Gasteiger partial charge in [-0.1, -0.05) is 0 Å². The highest BCUT2D eigenvalue weighted by molar-refractivity contribution is 8.00. The van der Waals surface area contributed by atoms with Crippen molar-refractivity contribution in [2.45, 2.75) is 4.90 Å². The van der Waals surface area contributed by atoms with Crippen LogP contribution in [0.4, 0.5) is 5.69 Å². The van der Waals surface area contributed by atoms with Crippen LogP contribution in [0.1, 0.15) is 0 Å². The molecule has 1 aromatic carbocycles. The van der Waals surface area contributed by atoms with Crippen molar-refractivity contribution in [2.24, 2.45) is 0 Å². The molecule has 0 spiro atoms. The molecule has 0 unspecified atom stereocenters. The van der Waals surface area contributed by atoms with E-state index in [1.165, 1.54) is 11.8 Å². The first kappa shape index (κ1) is 16.6. The van der Waals surface area contributed by atoms with Crippen LogP contribution < -0.4 is 10.6 Å². The molecule has 118 valence electrons. The highest BCUT2D eigenvalue weighted by Crippen LogP contribution is 2.19. The number of thioether (sulfide) groups is 1. The summed E-state index contributed by atoms with van der Waals surface area (Å²) in [7, 11) is -1.23. The van der Waals surface area contributed by atoms with Gasteiger partial charge in [0.05, 0.1) is 5.75 Å². The molecule has 1 saturated heterocycles. The third kappa shape index (κ3) is 5.84. The number of rotatable bonds is 6. The number of hydrogen-bond acceptors (Lipinski definition) is 6. The number of piperazine rings is 1. The third-order valence-corrected chi connectivity index (χ3v) is 5.82. The first-order valence-electron chi connectivity index (χ1n) is 6.86. The Bertz CT molecular complexity index is 540. The number of likely N-dealkylation sites (N-methyl/N-ethyl adjacent to an activating group) is 1. The molecule has 0 radical (unpaired) electrons. The monoisotopic (exact) mass is 330 g/mol. The normalized spacial score (nSPS) is 18.0. The molecular weight excluding hydrogens is 308 g/mol. The van der Waals surface area contributed by atoms with E-state index in [4.69, 9.17) is 5.73 Å². The zero-order chi connectivity index (χ0) is 15.3. The number of benzene rings is 1. The van der Waals surface area contributed by atoms with E-state index in [2.05, 4.69) is 9.73 Å². The molecule has 1 aliphatic heterocycles. The minimum Gasteiger partial charge on any atom is -0.399 e. The predicted octanol–water partition coefficient (Wildman–Crippen LogP) is 0.443. The average Bonchev–Trinajstić information content (AvgIpc) is 2.43. The van der Waals surface area contributed by atoms with Gasteiger partial charge in [-0.25, -0.2) is 13.4 Å². The first-order chi connectivity index (χ1) is 9.94. The van der Waals surface area contributed by atoms with E-state index >= 15 is 0 Å². The SMILES string of the molecule is CN1CCN(NS(=O)(=O)CCSc2ccc(N)cc2)CC1. The quantitative estimate of drug-likeness (QED) is 0.582. The molecule has 3 N–H and O–H groups in total. The highest BCUT2D eigenvalue weighted by Gasteiger charge is 2.19. The van der Waals surface area contributed by atoms with Crippen LogP contribution in [0.3, 0.4) is 0 Å². The van der Waals surface area contributed by atoms with Crippen LogP contribution in [-0.4, -0.2) is 63.1 Å². The molecule has 0 atom stereocenters. The average molecular weight is 330 g/mol. The van der Waals surface area contributed by atoms with Crippen LogP contribution in [0.2, 0.25) is 0 Å². The number of anilines is 1. The van der Waals surface area contributed by atoms with Crippen molar-refractivity contribution in [3.63, 3.8) is 0 Å². The summed E-state index contributed by atoms with van der Waals surface area (Å²) in [5.74, 6) is 0.626. The Morgan fingerprint density at radius 3 is 2.43 bits per heavy atom. The van der Waals surface area contributed by atoms with Gasteiger partial charge in [-0.15, -0.1) is 16.6 Å². The van der Waals surface area contributed by atoms with E-state index in [1.54, 1.807) is 5.01 Å². The Kier molecular flexibility index (Phi) is 5.88. The van der Waals surface area contributed by atoms with Crippen molar-refractivity contribution in [1.82, 2.24) is 14.7 Å². The predicted molar refractivity (Wildman–Crippen MR) is 87.6 cm³/mol. The van der Waals surface area contributed by atoms with Crippen molar-refractivity contribution in [3.05, 3.63) is 24.3 Å². The Hall–Kier alpha value is -0.800. The van der Waals surface area contributed by atoms with Crippen LogP contribution in [0.25, 0.3) is 0 Å². The number of nitrogens with two attached hydrogens (primary N) is 1. The number of hydrogen-bond donors (Lipinski definition) is 2. The van der Waals surface area contributed by atoms with Gasteiger partial charge in [0.25, 0.3) is 0 Å². The zero-order valence-electron chi connectivity index (χ0n) is 12.2.